The lowest BCUT2D eigenvalue weighted by molar-refractivity contribution is -0.138. The zero-order chi connectivity index (χ0) is 31.2. The molecule has 230 valence electrons. The number of halogens is 1. The molecular formula is C28H29ClN2O9S3. The Bertz CT molecular complexity index is 1780. The Balaban J connectivity index is 0.000000272. The van der Waals surface area contributed by atoms with Gasteiger partial charge in [-0.1, -0.05) is 61.0 Å². The van der Waals surface area contributed by atoms with E-state index in [-0.39, 0.29) is 28.8 Å². The molecule has 5 N–H and O–H groups in total. The van der Waals surface area contributed by atoms with Crippen LogP contribution in [0, 0.1) is 11.3 Å². The highest BCUT2D eigenvalue weighted by atomic mass is 35.5. The third-order valence-corrected chi connectivity index (χ3v) is 9.61. The van der Waals surface area contributed by atoms with Crippen molar-refractivity contribution in [3.05, 3.63) is 93.1 Å². The highest BCUT2D eigenvalue weighted by Crippen LogP contribution is 2.43. The van der Waals surface area contributed by atoms with Crippen molar-refractivity contribution in [2.45, 2.75) is 35.6 Å². The largest absolute Gasteiger partial charge is 0.480 e. The standard InChI is InChI=1S/C16H16ClNO2S.C10H8O6S2.C2H3N.H2O/c1-10-8-18(9-14(19)20)15(12-6-7-21-16(10)12)11-4-2-3-5-13(11)17;11-17(12,13)9-5-1-3-7-8(9)4-2-6-10(7)18(14,15)16;1-2-3;/h2-7,10,15H,8-9H2,1H3,(H,19,20);1-6H,(H,11,12,13)(H,14,15,16);1H3;1H2/t10?,15-;;;/m1.../s1. The van der Waals surface area contributed by atoms with Gasteiger partial charge in [-0.25, -0.2) is 0 Å². The van der Waals surface area contributed by atoms with Crippen molar-refractivity contribution >= 4 is 59.9 Å². The highest BCUT2D eigenvalue weighted by molar-refractivity contribution is 7.86. The SMILES string of the molecule is CC#N.CC1CN(CC(=O)O)[C@H](c2ccccc2Cl)c2ccsc21.O.O=S(=O)(O)c1cccc2c(S(=O)(=O)O)cccc12. The van der Waals surface area contributed by atoms with Crippen molar-refractivity contribution in [2.75, 3.05) is 13.1 Å². The zero-order valence-electron chi connectivity index (χ0n) is 22.9. The fourth-order valence-electron chi connectivity index (χ4n) is 4.79. The van der Waals surface area contributed by atoms with E-state index >= 15 is 0 Å². The van der Waals surface area contributed by atoms with Crippen LogP contribution in [0.2, 0.25) is 5.02 Å². The first-order chi connectivity index (χ1) is 19.7. The maximum Gasteiger partial charge on any atom is 0.317 e. The summed E-state index contributed by atoms with van der Waals surface area (Å²) in [5.74, 6) is -0.462. The molecule has 0 saturated heterocycles. The number of hydrogen-bond donors (Lipinski definition) is 3. The summed E-state index contributed by atoms with van der Waals surface area (Å²) in [4.78, 5) is 13.7. The Morgan fingerprint density at radius 1 is 0.953 bits per heavy atom. The maximum absolute atomic E-state index is 11.2. The minimum Gasteiger partial charge on any atom is -0.480 e. The quantitative estimate of drug-likeness (QED) is 0.242. The van der Waals surface area contributed by atoms with Gasteiger partial charge in [0, 0.05) is 40.1 Å². The number of thiophene rings is 1. The summed E-state index contributed by atoms with van der Waals surface area (Å²) < 4.78 is 62.7. The van der Waals surface area contributed by atoms with E-state index in [0.717, 1.165) is 24.2 Å². The number of nitrogens with zero attached hydrogens (tertiary/aromatic N) is 2. The first kappa shape index (κ1) is 35.8. The fourth-order valence-corrected chi connectivity index (χ4v) is 7.42. The second kappa shape index (κ2) is 14.9. The topological polar surface area (TPSA) is 205 Å². The van der Waals surface area contributed by atoms with Gasteiger partial charge in [-0.05, 0) is 40.8 Å². The molecule has 0 radical (unpaired) electrons. The number of nitriles is 1. The number of carboxylic acid groups (broad SMARTS) is 1. The van der Waals surface area contributed by atoms with E-state index in [4.69, 9.17) is 26.0 Å². The molecule has 1 aromatic heterocycles. The van der Waals surface area contributed by atoms with Crippen molar-refractivity contribution in [3.8, 4) is 6.07 Å². The maximum atomic E-state index is 11.2. The number of carboxylic acids is 1. The molecule has 11 nitrogen and oxygen atoms in total. The molecule has 5 rings (SSSR count). The highest BCUT2D eigenvalue weighted by Gasteiger charge is 2.35. The Kier molecular flexibility index (Phi) is 12.4. The van der Waals surface area contributed by atoms with Crippen LogP contribution >= 0.6 is 22.9 Å². The van der Waals surface area contributed by atoms with Gasteiger partial charge in [-0.15, -0.1) is 11.3 Å². The molecule has 0 saturated carbocycles. The lowest BCUT2D eigenvalue weighted by Gasteiger charge is -2.38. The molecule has 4 aromatic rings. The molecule has 2 heterocycles. The first-order valence-corrected chi connectivity index (χ1v) is 16.4. The van der Waals surface area contributed by atoms with E-state index in [1.807, 2.05) is 29.2 Å². The Labute approximate surface area is 258 Å². The van der Waals surface area contributed by atoms with Crippen LogP contribution in [-0.4, -0.2) is 60.5 Å². The summed E-state index contributed by atoms with van der Waals surface area (Å²) in [6.07, 6.45) is 0. The van der Waals surface area contributed by atoms with Gasteiger partial charge < -0.3 is 10.6 Å². The predicted octanol–water partition coefficient (Wildman–Crippen LogP) is 5.03. The molecule has 0 fully saturated rings. The number of fused-ring (bicyclic) bond motifs is 2. The summed E-state index contributed by atoms with van der Waals surface area (Å²) in [7, 11) is -8.94. The van der Waals surface area contributed by atoms with Gasteiger partial charge in [0.1, 0.15) is 9.79 Å². The molecule has 3 aromatic carbocycles. The van der Waals surface area contributed by atoms with Gasteiger partial charge in [0.15, 0.2) is 0 Å². The molecule has 43 heavy (non-hydrogen) atoms. The van der Waals surface area contributed by atoms with Crippen molar-refractivity contribution in [3.63, 3.8) is 0 Å². The number of rotatable bonds is 5. The normalized spacial score (nSPS) is 16.3. The monoisotopic (exact) mass is 668 g/mol. The van der Waals surface area contributed by atoms with Crippen LogP contribution in [0.4, 0.5) is 0 Å². The molecule has 15 heteroatoms. The summed E-state index contributed by atoms with van der Waals surface area (Å²) in [6.45, 7) is 4.33. The van der Waals surface area contributed by atoms with E-state index in [9.17, 15) is 26.7 Å². The van der Waals surface area contributed by atoms with Crippen LogP contribution in [0.15, 0.2) is 81.9 Å². The summed E-state index contributed by atoms with van der Waals surface area (Å²) in [5.41, 5.74) is 2.17. The van der Waals surface area contributed by atoms with E-state index in [1.54, 1.807) is 17.4 Å². The minimum absolute atomic E-state index is 0. The Morgan fingerprint density at radius 3 is 1.93 bits per heavy atom. The van der Waals surface area contributed by atoms with Gasteiger partial charge in [-0.2, -0.15) is 22.1 Å². The molecule has 1 aliphatic heterocycles. The summed E-state index contributed by atoms with van der Waals surface area (Å²) >= 11 is 8.10. The van der Waals surface area contributed by atoms with Crippen LogP contribution in [0.1, 0.15) is 41.8 Å². The Morgan fingerprint density at radius 2 is 1.47 bits per heavy atom. The molecule has 0 aliphatic carbocycles. The average Bonchev–Trinajstić information content (AvgIpc) is 3.39. The summed E-state index contributed by atoms with van der Waals surface area (Å²) in [6, 6.07) is 19.0. The lowest BCUT2D eigenvalue weighted by atomic mass is 9.89. The van der Waals surface area contributed by atoms with E-state index in [1.165, 1.54) is 41.6 Å². The van der Waals surface area contributed by atoms with Crippen molar-refractivity contribution in [1.82, 2.24) is 4.90 Å². The lowest BCUT2D eigenvalue weighted by Crippen LogP contribution is -2.40. The molecule has 1 aliphatic rings. The number of hydrogen-bond acceptors (Lipinski definition) is 8. The molecular weight excluding hydrogens is 640 g/mol. The Hall–Kier alpha value is -3.39. The summed E-state index contributed by atoms with van der Waals surface area (Å²) in [5, 5.41) is 19.3. The third-order valence-electron chi connectivity index (χ3n) is 6.28. The van der Waals surface area contributed by atoms with Crippen molar-refractivity contribution in [1.29, 1.82) is 5.26 Å². The van der Waals surface area contributed by atoms with Gasteiger partial charge in [0.2, 0.25) is 0 Å². The van der Waals surface area contributed by atoms with E-state index in [0.29, 0.717) is 10.9 Å². The van der Waals surface area contributed by atoms with Crippen LogP contribution in [-0.2, 0) is 25.0 Å². The van der Waals surface area contributed by atoms with E-state index in [2.05, 4.69) is 18.4 Å². The minimum atomic E-state index is -4.47. The van der Waals surface area contributed by atoms with Crippen LogP contribution in [0.3, 0.4) is 0 Å². The third kappa shape index (κ3) is 8.59. The zero-order valence-corrected chi connectivity index (χ0v) is 26.1. The van der Waals surface area contributed by atoms with Crippen LogP contribution in [0.5, 0.6) is 0 Å². The van der Waals surface area contributed by atoms with Crippen LogP contribution in [0.25, 0.3) is 10.8 Å². The smallest absolute Gasteiger partial charge is 0.317 e. The van der Waals surface area contributed by atoms with Gasteiger partial charge in [-0.3, -0.25) is 18.8 Å². The molecule has 0 bridgehead atoms. The first-order valence-electron chi connectivity index (χ1n) is 12.3. The molecule has 2 atom stereocenters. The average molecular weight is 669 g/mol. The van der Waals surface area contributed by atoms with Crippen LogP contribution < -0.4 is 0 Å². The molecule has 0 spiro atoms. The van der Waals surface area contributed by atoms with E-state index < -0.39 is 36.0 Å². The number of aliphatic carboxylic acids is 1. The second-order valence-electron chi connectivity index (χ2n) is 9.17. The van der Waals surface area contributed by atoms with Crippen molar-refractivity contribution in [2.24, 2.45) is 0 Å². The van der Waals surface area contributed by atoms with Gasteiger partial charge in [0.25, 0.3) is 20.2 Å². The second-order valence-corrected chi connectivity index (χ2v) is 13.3. The molecule has 0 amide bonds. The predicted molar refractivity (Wildman–Crippen MR) is 164 cm³/mol. The number of carbonyl (C=O) groups is 1. The van der Waals surface area contributed by atoms with Gasteiger partial charge >= 0.3 is 5.97 Å². The van der Waals surface area contributed by atoms with Crippen molar-refractivity contribution < 1.29 is 41.3 Å². The van der Waals surface area contributed by atoms with Gasteiger partial charge in [0.05, 0.1) is 18.7 Å². The fraction of sp³-hybridized carbons (Fsp3) is 0.214. The molecule has 1 unspecified atom stereocenters. The number of benzene rings is 3.